The van der Waals surface area contributed by atoms with Crippen molar-refractivity contribution < 1.29 is 0 Å². The van der Waals surface area contributed by atoms with Gasteiger partial charge in [-0.05, 0) is 35.4 Å². The lowest BCUT2D eigenvalue weighted by molar-refractivity contribution is 1.01. The fourth-order valence-corrected chi connectivity index (χ4v) is 3.29. The molecule has 0 atom stereocenters. The Morgan fingerprint density at radius 3 is 1.37 bits per heavy atom. The fraction of sp³-hybridized carbons (Fsp3) is 0.100. The normalized spacial score (nSPS) is 10.1. The van der Waals surface area contributed by atoms with Crippen LogP contribution in [0.4, 0.5) is 11.6 Å². The molecule has 2 heterocycles. The van der Waals surface area contributed by atoms with Gasteiger partial charge in [0.15, 0.2) is 0 Å². The molecule has 0 fully saturated rings. The number of anilines is 2. The van der Waals surface area contributed by atoms with Crippen LogP contribution in [0.2, 0.25) is 0 Å². The van der Waals surface area contributed by atoms with Gasteiger partial charge in [-0.3, -0.25) is 10.2 Å². The SMILES string of the molecule is Brc1ccc(-c2cc(NCCNc3cc(-c4ccc(Br)cc4)[nH]n3)n[nH]2)cc1.Cl.Cl. The van der Waals surface area contributed by atoms with E-state index in [9.17, 15) is 0 Å². The maximum atomic E-state index is 4.31. The molecule has 0 aliphatic heterocycles. The molecule has 4 rings (SSSR count). The molecule has 0 radical (unpaired) electrons. The van der Waals surface area contributed by atoms with Crippen LogP contribution >= 0.6 is 56.7 Å². The topological polar surface area (TPSA) is 81.4 Å². The van der Waals surface area contributed by atoms with Gasteiger partial charge in [0.2, 0.25) is 0 Å². The van der Waals surface area contributed by atoms with Gasteiger partial charge in [-0.25, -0.2) is 0 Å². The Balaban J connectivity index is 0.00000160. The Morgan fingerprint density at radius 1 is 0.633 bits per heavy atom. The molecule has 30 heavy (non-hydrogen) atoms. The van der Waals surface area contributed by atoms with E-state index in [1.54, 1.807) is 0 Å². The highest BCUT2D eigenvalue weighted by Crippen LogP contribution is 2.23. The molecule has 0 bridgehead atoms. The summed E-state index contributed by atoms with van der Waals surface area (Å²) in [6.07, 6.45) is 0. The lowest BCUT2D eigenvalue weighted by Crippen LogP contribution is -2.13. The molecule has 0 aliphatic rings. The second kappa shape index (κ2) is 11.4. The minimum absolute atomic E-state index is 0. The van der Waals surface area contributed by atoms with E-state index < -0.39 is 0 Å². The van der Waals surface area contributed by atoms with Crippen LogP contribution in [-0.4, -0.2) is 33.5 Å². The Kier molecular flexibility index (Phi) is 9.23. The van der Waals surface area contributed by atoms with Crippen LogP contribution in [0.25, 0.3) is 22.5 Å². The quantitative estimate of drug-likeness (QED) is 0.194. The van der Waals surface area contributed by atoms with Crippen molar-refractivity contribution in [1.29, 1.82) is 0 Å². The summed E-state index contributed by atoms with van der Waals surface area (Å²) in [5.74, 6) is 1.63. The first-order valence-corrected chi connectivity index (χ1v) is 10.4. The molecule has 0 saturated heterocycles. The zero-order chi connectivity index (χ0) is 19.3. The first kappa shape index (κ1) is 24.3. The molecule has 6 nitrogen and oxygen atoms in total. The lowest BCUT2D eigenvalue weighted by Gasteiger charge is -2.03. The minimum atomic E-state index is 0. The largest absolute Gasteiger partial charge is 0.367 e. The Morgan fingerprint density at radius 2 is 1.00 bits per heavy atom. The maximum Gasteiger partial charge on any atom is 0.148 e. The second-order valence-electron chi connectivity index (χ2n) is 6.20. The molecule has 0 unspecified atom stereocenters. The van der Waals surface area contributed by atoms with Crippen molar-refractivity contribution in [3.8, 4) is 22.5 Å². The van der Waals surface area contributed by atoms with Crippen LogP contribution in [-0.2, 0) is 0 Å². The van der Waals surface area contributed by atoms with E-state index in [0.717, 1.165) is 56.2 Å². The number of aromatic nitrogens is 4. The standard InChI is InChI=1S/C20H18Br2N6.2ClH/c21-15-5-1-13(2-6-15)17-11-19(27-25-17)23-9-10-24-20-12-18(26-28-20)14-3-7-16(22)8-4-14;;/h1-8,11-12H,9-10H2,(H2,23,25,27)(H2,24,26,28);2*1H. The van der Waals surface area contributed by atoms with Crippen LogP contribution in [0.15, 0.2) is 69.6 Å². The zero-order valence-corrected chi connectivity index (χ0v) is 20.5. The highest BCUT2D eigenvalue weighted by Gasteiger charge is 2.05. The molecular weight excluding hydrogens is 555 g/mol. The summed E-state index contributed by atoms with van der Waals surface area (Å²) < 4.78 is 2.11. The maximum absolute atomic E-state index is 4.31. The summed E-state index contributed by atoms with van der Waals surface area (Å²) in [5.41, 5.74) is 4.15. The first-order valence-electron chi connectivity index (χ1n) is 8.78. The van der Waals surface area contributed by atoms with Gasteiger partial charge in [-0.1, -0.05) is 56.1 Å². The molecule has 158 valence electrons. The van der Waals surface area contributed by atoms with Crippen molar-refractivity contribution >= 4 is 68.3 Å². The average Bonchev–Trinajstić information content (AvgIpc) is 3.36. The Bertz CT molecular complexity index is 962. The smallest absolute Gasteiger partial charge is 0.148 e. The van der Waals surface area contributed by atoms with E-state index in [4.69, 9.17) is 0 Å². The number of rotatable bonds is 7. The van der Waals surface area contributed by atoms with Crippen molar-refractivity contribution in [3.63, 3.8) is 0 Å². The van der Waals surface area contributed by atoms with Gasteiger partial charge in [0, 0.05) is 34.2 Å². The van der Waals surface area contributed by atoms with Crippen LogP contribution in [0.3, 0.4) is 0 Å². The van der Waals surface area contributed by atoms with Gasteiger partial charge in [0.25, 0.3) is 0 Å². The van der Waals surface area contributed by atoms with Crippen molar-refractivity contribution in [1.82, 2.24) is 20.4 Å². The highest BCUT2D eigenvalue weighted by atomic mass is 79.9. The summed E-state index contributed by atoms with van der Waals surface area (Å²) >= 11 is 6.90. The predicted molar refractivity (Wildman–Crippen MR) is 135 cm³/mol. The highest BCUT2D eigenvalue weighted by molar-refractivity contribution is 9.10. The third-order valence-corrected chi connectivity index (χ3v) is 5.26. The third-order valence-electron chi connectivity index (χ3n) is 4.20. The molecule has 4 aromatic rings. The van der Waals surface area contributed by atoms with Crippen molar-refractivity contribution in [2.24, 2.45) is 0 Å². The minimum Gasteiger partial charge on any atom is -0.367 e. The molecule has 10 heteroatoms. The first-order chi connectivity index (χ1) is 13.7. The number of hydrogen-bond acceptors (Lipinski definition) is 4. The number of benzene rings is 2. The van der Waals surface area contributed by atoms with Crippen LogP contribution in [0.1, 0.15) is 0 Å². The molecule has 0 aliphatic carbocycles. The van der Waals surface area contributed by atoms with Gasteiger partial charge in [-0.15, -0.1) is 24.8 Å². The number of nitrogens with zero attached hydrogens (tertiary/aromatic N) is 2. The number of nitrogens with one attached hydrogen (secondary N) is 4. The molecule has 4 N–H and O–H groups in total. The number of halogens is 4. The summed E-state index contributed by atoms with van der Waals surface area (Å²) in [5, 5.41) is 21.3. The fourth-order valence-electron chi connectivity index (χ4n) is 2.76. The van der Waals surface area contributed by atoms with E-state index in [2.05, 4.69) is 62.9 Å². The molecule has 2 aromatic heterocycles. The van der Waals surface area contributed by atoms with Crippen LogP contribution < -0.4 is 10.6 Å². The molecule has 0 amide bonds. The Hall–Kier alpha value is -2.00. The van der Waals surface area contributed by atoms with Crippen LogP contribution in [0.5, 0.6) is 0 Å². The third kappa shape index (κ3) is 6.25. The monoisotopic (exact) mass is 572 g/mol. The summed E-state index contributed by atoms with van der Waals surface area (Å²) in [6.45, 7) is 1.45. The summed E-state index contributed by atoms with van der Waals surface area (Å²) in [4.78, 5) is 0. The molecular formula is C20H20Br2Cl2N6. The van der Waals surface area contributed by atoms with E-state index in [1.165, 1.54) is 0 Å². The lowest BCUT2D eigenvalue weighted by atomic mass is 10.1. The van der Waals surface area contributed by atoms with E-state index in [1.807, 2.05) is 60.7 Å². The van der Waals surface area contributed by atoms with E-state index in [-0.39, 0.29) is 24.8 Å². The van der Waals surface area contributed by atoms with Gasteiger partial charge in [0.1, 0.15) is 11.6 Å². The summed E-state index contributed by atoms with van der Waals surface area (Å²) in [7, 11) is 0. The average molecular weight is 575 g/mol. The summed E-state index contributed by atoms with van der Waals surface area (Å²) in [6, 6.07) is 20.2. The zero-order valence-electron chi connectivity index (χ0n) is 15.7. The van der Waals surface area contributed by atoms with Gasteiger partial charge < -0.3 is 10.6 Å². The van der Waals surface area contributed by atoms with Crippen molar-refractivity contribution in [2.75, 3.05) is 23.7 Å². The van der Waals surface area contributed by atoms with Gasteiger partial charge in [-0.2, -0.15) is 10.2 Å². The molecule has 0 spiro atoms. The number of H-pyrrole nitrogens is 2. The van der Waals surface area contributed by atoms with Gasteiger partial charge >= 0.3 is 0 Å². The van der Waals surface area contributed by atoms with E-state index >= 15 is 0 Å². The van der Waals surface area contributed by atoms with Crippen LogP contribution in [0, 0.1) is 0 Å². The van der Waals surface area contributed by atoms with Crippen molar-refractivity contribution in [3.05, 3.63) is 69.6 Å². The van der Waals surface area contributed by atoms with Gasteiger partial charge in [0.05, 0.1) is 11.4 Å². The predicted octanol–water partition coefficient (Wildman–Crippen LogP) is 6.36. The number of hydrogen-bond donors (Lipinski definition) is 4. The van der Waals surface area contributed by atoms with Crippen molar-refractivity contribution in [2.45, 2.75) is 0 Å². The molecule has 0 saturated carbocycles. The molecule has 2 aromatic carbocycles. The van der Waals surface area contributed by atoms with E-state index in [0.29, 0.717) is 0 Å². The second-order valence-corrected chi connectivity index (χ2v) is 8.03. The Labute approximate surface area is 203 Å². The number of aromatic amines is 2.